The summed E-state index contributed by atoms with van der Waals surface area (Å²) in [5.41, 5.74) is 1.47. The van der Waals surface area contributed by atoms with Gasteiger partial charge in [-0.2, -0.15) is 0 Å². The Morgan fingerprint density at radius 1 is 1.05 bits per heavy atom. The summed E-state index contributed by atoms with van der Waals surface area (Å²) in [5.74, 6) is -0.433. The molecule has 0 aromatic heterocycles. The van der Waals surface area contributed by atoms with E-state index >= 15 is 0 Å². The van der Waals surface area contributed by atoms with Crippen molar-refractivity contribution < 1.29 is 14.6 Å². The molecule has 0 unspecified atom stereocenters. The Morgan fingerprint density at radius 2 is 1.65 bits per heavy atom. The lowest BCUT2D eigenvalue weighted by molar-refractivity contribution is 0.0346. The van der Waals surface area contributed by atoms with E-state index in [0.29, 0.717) is 5.56 Å². The van der Waals surface area contributed by atoms with Crippen molar-refractivity contribution in [3.63, 3.8) is 0 Å². The van der Waals surface area contributed by atoms with Crippen LogP contribution in [0.25, 0.3) is 6.08 Å². The SMILES string of the molecule is O=C(OC[C@H](O)/C=C/c1ccccc1)c1ccccc1. The van der Waals surface area contributed by atoms with Gasteiger partial charge >= 0.3 is 5.97 Å². The van der Waals surface area contributed by atoms with Gasteiger partial charge in [-0.15, -0.1) is 0 Å². The lowest BCUT2D eigenvalue weighted by atomic mass is 10.2. The number of benzene rings is 2. The Kier molecular flexibility index (Phi) is 5.09. The summed E-state index contributed by atoms with van der Waals surface area (Å²) in [6.07, 6.45) is 2.58. The average Bonchev–Trinajstić information content (AvgIpc) is 2.52. The second kappa shape index (κ2) is 7.26. The topological polar surface area (TPSA) is 46.5 Å². The maximum Gasteiger partial charge on any atom is 0.338 e. The number of rotatable bonds is 5. The van der Waals surface area contributed by atoms with Crippen molar-refractivity contribution in [2.75, 3.05) is 6.61 Å². The van der Waals surface area contributed by atoms with Crippen LogP contribution in [0.4, 0.5) is 0 Å². The second-order valence-corrected chi connectivity index (χ2v) is 4.30. The van der Waals surface area contributed by atoms with Gasteiger partial charge in [0.25, 0.3) is 0 Å². The normalized spacial score (nSPS) is 12.2. The summed E-state index contributed by atoms with van der Waals surface area (Å²) >= 11 is 0. The molecule has 0 radical (unpaired) electrons. The molecule has 0 saturated heterocycles. The van der Waals surface area contributed by atoms with E-state index < -0.39 is 12.1 Å². The van der Waals surface area contributed by atoms with Crippen LogP contribution in [-0.4, -0.2) is 23.8 Å². The fourth-order valence-electron chi connectivity index (χ4n) is 1.66. The molecular formula is C17H16O3. The monoisotopic (exact) mass is 268 g/mol. The van der Waals surface area contributed by atoms with Crippen molar-refractivity contribution in [2.24, 2.45) is 0 Å². The maximum absolute atomic E-state index is 11.7. The van der Waals surface area contributed by atoms with Crippen LogP contribution in [0.2, 0.25) is 0 Å². The summed E-state index contributed by atoms with van der Waals surface area (Å²) < 4.78 is 5.04. The molecule has 3 nitrogen and oxygen atoms in total. The highest BCUT2D eigenvalue weighted by atomic mass is 16.5. The highest BCUT2D eigenvalue weighted by Gasteiger charge is 2.08. The van der Waals surface area contributed by atoms with Gasteiger partial charge in [0.1, 0.15) is 12.7 Å². The first-order chi connectivity index (χ1) is 9.75. The first-order valence-electron chi connectivity index (χ1n) is 6.39. The molecule has 0 amide bonds. The standard InChI is InChI=1S/C17H16O3/c18-16(12-11-14-7-3-1-4-8-14)13-20-17(19)15-9-5-2-6-10-15/h1-12,16,18H,13H2/b12-11+/t16-/m1/s1. The Labute approximate surface area is 118 Å². The molecule has 3 heteroatoms. The molecular weight excluding hydrogens is 252 g/mol. The predicted octanol–water partition coefficient (Wildman–Crippen LogP) is 2.92. The number of aliphatic hydroxyl groups is 1. The first kappa shape index (κ1) is 14.0. The van der Waals surface area contributed by atoms with E-state index in [9.17, 15) is 9.90 Å². The van der Waals surface area contributed by atoms with Gasteiger partial charge in [-0.25, -0.2) is 4.79 Å². The zero-order valence-electron chi connectivity index (χ0n) is 11.0. The quantitative estimate of drug-likeness (QED) is 0.848. The van der Waals surface area contributed by atoms with Crippen molar-refractivity contribution in [1.82, 2.24) is 0 Å². The zero-order chi connectivity index (χ0) is 14.2. The van der Waals surface area contributed by atoms with Gasteiger partial charge in [-0.1, -0.05) is 60.7 Å². The maximum atomic E-state index is 11.7. The molecule has 0 aliphatic carbocycles. The largest absolute Gasteiger partial charge is 0.459 e. The lowest BCUT2D eigenvalue weighted by Crippen LogP contribution is -2.16. The number of carbonyl (C=O) groups excluding carboxylic acids is 1. The van der Waals surface area contributed by atoms with E-state index in [-0.39, 0.29) is 6.61 Å². The molecule has 0 fully saturated rings. The third kappa shape index (κ3) is 4.37. The van der Waals surface area contributed by atoms with Crippen LogP contribution in [0.15, 0.2) is 66.7 Å². The fourth-order valence-corrected chi connectivity index (χ4v) is 1.66. The van der Waals surface area contributed by atoms with Gasteiger partial charge in [0, 0.05) is 0 Å². The predicted molar refractivity (Wildman–Crippen MR) is 78.2 cm³/mol. The third-order valence-electron chi connectivity index (χ3n) is 2.71. The van der Waals surface area contributed by atoms with E-state index in [4.69, 9.17) is 4.74 Å². The molecule has 0 aliphatic rings. The second-order valence-electron chi connectivity index (χ2n) is 4.30. The van der Waals surface area contributed by atoms with E-state index in [1.54, 1.807) is 36.4 Å². The van der Waals surface area contributed by atoms with Gasteiger partial charge in [0.2, 0.25) is 0 Å². The van der Waals surface area contributed by atoms with E-state index in [1.165, 1.54) is 0 Å². The molecule has 0 bridgehead atoms. The number of hydrogen-bond donors (Lipinski definition) is 1. The molecule has 2 rings (SSSR count). The molecule has 1 atom stereocenters. The number of carbonyl (C=O) groups is 1. The van der Waals surface area contributed by atoms with Crippen molar-refractivity contribution >= 4 is 12.0 Å². The minimum absolute atomic E-state index is 0.0585. The van der Waals surface area contributed by atoms with Gasteiger partial charge in [0.15, 0.2) is 0 Å². The Balaban J connectivity index is 1.82. The van der Waals surface area contributed by atoms with Gasteiger partial charge in [-0.05, 0) is 17.7 Å². The van der Waals surface area contributed by atoms with E-state index in [0.717, 1.165) is 5.56 Å². The molecule has 102 valence electrons. The fraction of sp³-hybridized carbons (Fsp3) is 0.118. The first-order valence-corrected chi connectivity index (χ1v) is 6.39. The van der Waals surface area contributed by atoms with E-state index in [2.05, 4.69) is 0 Å². The van der Waals surface area contributed by atoms with Crippen LogP contribution < -0.4 is 0 Å². The highest BCUT2D eigenvalue weighted by molar-refractivity contribution is 5.89. The summed E-state index contributed by atoms with van der Waals surface area (Å²) in [5, 5.41) is 9.74. The summed E-state index contributed by atoms with van der Waals surface area (Å²) in [7, 11) is 0. The molecule has 0 heterocycles. The van der Waals surface area contributed by atoms with Crippen LogP contribution in [-0.2, 0) is 4.74 Å². The Bertz CT molecular complexity index is 561. The van der Waals surface area contributed by atoms with Crippen molar-refractivity contribution in [2.45, 2.75) is 6.10 Å². The van der Waals surface area contributed by atoms with Crippen LogP contribution in [0.1, 0.15) is 15.9 Å². The average molecular weight is 268 g/mol. The Hall–Kier alpha value is -2.39. The molecule has 1 N–H and O–H groups in total. The van der Waals surface area contributed by atoms with Crippen LogP contribution in [0.3, 0.4) is 0 Å². The van der Waals surface area contributed by atoms with Gasteiger partial charge < -0.3 is 9.84 Å². The van der Waals surface area contributed by atoms with Gasteiger partial charge in [-0.3, -0.25) is 0 Å². The van der Waals surface area contributed by atoms with Crippen LogP contribution in [0.5, 0.6) is 0 Å². The number of esters is 1. The molecule has 0 aliphatic heterocycles. The van der Waals surface area contributed by atoms with Crippen molar-refractivity contribution in [1.29, 1.82) is 0 Å². The van der Waals surface area contributed by atoms with Crippen molar-refractivity contribution in [3.8, 4) is 0 Å². The van der Waals surface area contributed by atoms with Crippen LogP contribution in [0, 0.1) is 0 Å². The molecule has 2 aromatic rings. The molecule has 2 aromatic carbocycles. The number of hydrogen-bond acceptors (Lipinski definition) is 3. The van der Waals surface area contributed by atoms with Crippen LogP contribution >= 0.6 is 0 Å². The summed E-state index contributed by atoms with van der Waals surface area (Å²) in [6, 6.07) is 18.3. The van der Waals surface area contributed by atoms with Crippen molar-refractivity contribution in [3.05, 3.63) is 77.9 Å². The summed E-state index contributed by atoms with van der Waals surface area (Å²) in [6.45, 7) is -0.0585. The number of ether oxygens (including phenoxy) is 1. The molecule has 0 saturated carbocycles. The highest BCUT2D eigenvalue weighted by Crippen LogP contribution is 2.04. The molecule has 20 heavy (non-hydrogen) atoms. The smallest absolute Gasteiger partial charge is 0.338 e. The zero-order valence-corrected chi connectivity index (χ0v) is 11.0. The molecule has 0 spiro atoms. The minimum Gasteiger partial charge on any atom is -0.459 e. The lowest BCUT2D eigenvalue weighted by Gasteiger charge is -2.07. The minimum atomic E-state index is -0.817. The summed E-state index contributed by atoms with van der Waals surface area (Å²) in [4.78, 5) is 11.7. The Morgan fingerprint density at radius 3 is 2.30 bits per heavy atom. The van der Waals surface area contributed by atoms with E-state index in [1.807, 2.05) is 36.4 Å². The third-order valence-corrected chi connectivity index (χ3v) is 2.71. The van der Waals surface area contributed by atoms with Gasteiger partial charge in [0.05, 0.1) is 5.56 Å². The number of aliphatic hydroxyl groups excluding tert-OH is 1.